The fourth-order valence-electron chi connectivity index (χ4n) is 2.76. The summed E-state index contributed by atoms with van der Waals surface area (Å²) in [5, 5.41) is 3.72. The number of aromatic nitrogens is 2. The second-order valence-electron chi connectivity index (χ2n) is 6.56. The number of ether oxygens (including phenoxy) is 1. The molecule has 3 aromatic rings. The number of fused-ring (bicyclic) bond motifs is 1. The Morgan fingerprint density at radius 1 is 1.21 bits per heavy atom. The number of hydrogen-bond acceptors (Lipinski definition) is 5. The Kier molecular flexibility index (Phi) is 6.29. The van der Waals surface area contributed by atoms with Gasteiger partial charge in [0.1, 0.15) is 5.82 Å². The highest BCUT2D eigenvalue weighted by molar-refractivity contribution is 6.31. The standard InChI is InChI=1S/C21H20ClN3O4/c1-12-15(22)7-5-9-16(12)24-20(27)13(2)29-19(26)11-10-18-23-17-8-4-3-6-14(17)21(28)25-18/h3-9,13H,10-11H2,1-2H3,(H,24,27)(H,23,25,28)/t13-/m1/s1. The van der Waals surface area contributed by atoms with Crippen molar-refractivity contribution in [3.05, 3.63) is 69.2 Å². The zero-order valence-corrected chi connectivity index (χ0v) is 16.7. The van der Waals surface area contributed by atoms with Crippen molar-refractivity contribution in [1.82, 2.24) is 9.97 Å². The van der Waals surface area contributed by atoms with E-state index in [2.05, 4.69) is 15.3 Å². The zero-order valence-electron chi connectivity index (χ0n) is 16.0. The number of nitrogens with one attached hydrogen (secondary N) is 2. The van der Waals surface area contributed by atoms with Crippen LogP contribution >= 0.6 is 11.6 Å². The number of esters is 1. The highest BCUT2D eigenvalue weighted by Crippen LogP contribution is 2.23. The Bertz CT molecular complexity index is 1130. The van der Waals surface area contributed by atoms with E-state index in [1.165, 1.54) is 6.92 Å². The molecule has 0 bridgehead atoms. The largest absolute Gasteiger partial charge is 0.453 e. The SMILES string of the molecule is Cc1c(Cl)cccc1NC(=O)[C@@H](C)OC(=O)CCc1nc2ccccc2c(=O)[nH]1. The number of benzene rings is 2. The Hall–Kier alpha value is -3.19. The number of para-hydroxylation sites is 1. The molecule has 8 heteroatoms. The summed E-state index contributed by atoms with van der Waals surface area (Å²) in [7, 11) is 0. The lowest BCUT2D eigenvalue weighted by atomic mass is 10.2. The van der Waals surface area contributed by atoms with Gasteiger partial charge in [-0.25, -0.2) is 4.98 Å². The topological polar surface area (TPSA) is 101 Å². The fourth-order valence-corrected chi connectivity index (χ4v) is 2.94. The molecule has 0 spiro atoms. The third kappa shape index (κ3) is 5.00. The molecule has 3 rings (SSSR count). The van der Waals surface area contributed by atoms with E-state index in [0.717, 1.165) is 5.56 Å². The lowest BCUT2D eigenvalue weighted by molar-refractivity contribution is -0.153. The molecule has 0 saturated heterocycles. The first-order valence-corrected chi connectivity index (χ1v) is 9.46. The van der Waals surface area contributed by atoms with Crippen molar-refractivity contribution in [3.8, 4) is 0 Å². The molecule has 0 aliphatic carbocycles. The highest BCUT2D eigenvalue weighted by atomic mass is 35.5. The van der Waals surface area contributed by atoms with E-state index in [4.69, 9.17) is 16.3 Å². The van der Waals surface area contributed by atoms with Gasteiger partial charge in [0, 0.05) is 17.1 Å². The molecular formula is C21H20ClN3O4. The van der Waals surface area contributed by atoms with E-state index in [1.807, 2.05) is 0 Å². The summed E-state index contributed by atoms with van der Waals surface area (Å²) in [6, 6.07) is 12.1. The van der Waals surface area contributed by atoms with Gasteiger partial charge in [0.05, 0.1) is 17.3 Å². The molecule has 1 atom stereocenters. The first-order valence-electron chi connectivity index (χ1n) is 9.08. The minimum atomic E-state index is -0.982. The number of H-pyrrole nitrogens is 1. The van der Waals surface area contributed by atoms with Gasteiger partial charge >= 0.3 is 5.97 Å². The van der Waals surface area contributed by atoms with Gasteiger partial charge < -0.3 is 15.0 Å². The number of halogens is 1. The highest BCUT2D eigenvalue weighted by Gasteiger charge is 2.19. The van der Waals surface area contributed by atoms with E-state index in [0.29, 0.717) is 27.4 Å². The minimum Gasteiger partial charge on any atom is -0.453 e. The molecule has 0 aliphatic rings. The molecule has 1 aromatic heterocycles. The summed E-state index contributed by atoms with van der Waals surface area (Å²) in [5.74, 6) is -0.635. The van der Waals surface area contributed by atoms with E-state index < -0.39 is 18.0 Å². The number of nitrogens with zero attached hydrogens (tertiary/aromatic N) is 1. The summed E-state index contributed by atoms with van der Waals surface area (Å²) in [6.45, 7) is 3.27. The third-order valence-electron chi connectivity index (χ3n) is 4.43. The average Bonchev–Trinajstić information content (AvgIpc) is 2.70. The summed E-state index contributed by atoms with van der Waals surface area (Å²) in [6.07, 6.45) is -0.806. The van der Waals surface area contributed by atoms with Crippen LogP contribution in [0.4, 0.5) is 5.69 Å². The van der Waals surface area contributed by atoms with Gasteiger partial charge in [0.15, 0.2) is 6.10 Å². The maximum Gasteiger partial charge on any atom is 0.307 e. The maximum absolute atomic E-state index is 12.3. The Balaban J connectivity index is 1.57. The van der Waals surface area contributed by atoms with Gasteiger partial charge in [-0.05, 0) is 43.7 Å². The lowest BCUT2D eigenvalue weighted by Gasteiger charge is -2.15. The molecule has 29 heavy (non-hydrogen) atoms. The molecule has 150 valence electrons. The van der Waals surface area contributed by atoms with Gasteiger partial charge in [-0.3, -0.25) is 14.4 Å². The van der Waals surface area contributed by atoms with E-state index >= 15 is 0 Å². The molecule has 0 aliphatic heterocycles. The fraction of sp³-hybridized carbons (Fsp3) is 0.238. The second kappa shape index (κ2) is 8.87. The van der Waals surface area contributed by atoms with Crippen molar-refractivity contribution in [2.24, 2.45) is 0 Å². The summed E-state index contributed by atoms with van der Waals surface area (Å²) < 4.78 is 5.19. The smallest absolute Gasteiger partial charge is 0.307 e. The number of carbonyl (C=O) groups is 2. The van der Waals surface area contributed by atoms with Crippen LogP contribution < -0.4 is 10.9 Å². The molecular weight excluding hydrogens is 394 g/mol. The van der Waals surface area contributed by atoms with Crippen LogP contribution in [0.1, 0.15) is 24.7 Å². The number of amides is 1. The molecule has 0 fully saturated rings. The van der Waals surface area contributed by atoms with Gasteiger partial charge in [-0.2, -0.15) is 0 Å². The Morgan fingerprint density at radius 2 is 1.97 bits per heavy atom. The van der Waals surface area contributed by atoms with Crippen molar-refractivity contribution in [2.45, 2.75) is 32.8 Å². The third-order valence-corrected chi connectivity index (χ3v) is 4.84. The normalized spacial score (nSPS) is 11.8. The maximum atomic E-state index is 12.3. The van der Waals surface area contributed by atoms with Gasteiger partial charge in [-0.1, -0.05) is 29.8 Å². The molecule has 2 aromatic carbocycles. The Labute approximate surface area is 172 Å². The Morgan fingerprint density at radius 3 is 2.76 bits per heavy atom. The predicted octanol–water partition coefficient (Wildman–Crippen LogP) is 3.39. The van der Waals surface area contributed by atoms with Crippen LogP contribution in [0.15, 0.2) is 47.3 Å². The number of hydrogen-bond donors (Lipinski definition) is 2. The first kappa shape index (κ1) is 20.5. The molecule has 1 amide bonds. The molecule has 2 N–H and O–H groups in total. The average molecular weight is 414 g/mol. The van der Waals surface area contributed by atoms with Gasteiger partial charge in [0.25, 0.3) is 11.5 Å². The quantitative estimate of drug-likeness (QED) is 0.603. The molecule has 7 nitrogen and oxygen atoms in total. The summed E-state index contributed by atoms with van der Waals surface area (Å²) in [4.78, 5) is 43.5. The van der Waals surface area contributed by atoms with Crippen molar-refractivity contribution in [3.63, 3.8) is 0 Å². The van der Waals surface area contributed by atoms with Crippen LogP contribution in [0.3, 0.4) is 0 Å². The van der Waals surface area contributed by atoms with E-state index in [9.17, 15) is 14.4 Å². The van der Waals surface area contributed by atoms with Crippen LogP contribution in [0, 0.1) is 6.92 Å². The first-order chi connectivity index (χ1) is 13.8. The van der Waals surface area contributed by atoms with Gasteiger partial charge in [0.2, 0.25) is 0 Å². The van der Waals surface area contributed by atoms with Crippen molar-refractivity contribution in [1.29, 1.82) is 0 Å². The summed E-state index contributed by atoms with van der Waals surface area (Å²) in [5.41, 5.74) is 1.59. The molecule has 0 radical (unpaired) electrons. The monoisotopic (exact) mass is 413 g/mol. The lowest BCUT2D eigenvalue weighted by Crippen LogP contribution is -2.30. The van der Waals surface area contributed by atoms with Crippen molar-refractivity contribution < 1.29 is 14.3 Å². The van der Waals surface area contributed by atoms with Crippen LogP contribution in [0.5, 0.6) is 0 Å². The number of carbonyl (C=O) groups excluding carboxylic acids is 2. The summed E-state index contributed by atoms with van der Waals surface area (Å²) >= 11 is 6.04. The number of aryl methyl sites for hydroxylation is 1. The molecule has 0 unspecified atom stereocenters. The van der Waals surface area contributed by atoms with Crippen LogP contribution in [-0.4, -0.2) is 27.9 Å². The zero-order chi connectivity index (χ0) is 21.0. The van der Waals surface area contributed by atoms with E-state index in [1.54, 1.807) is 49.4 Å². The minimum absolute atomic E-state index is 0.0188. The number of rotatable bonds is 6. The second-order valence-corrected chi connectivity index (χ2v) is 6.97. The molecule has 1 heterocycles. The van der Waals surface area contributed by atoms with Gasteiger partial charge in [-0.15, -0.1) is 0 Å². The van der Waals surface area contributed by atoms with E-state index in [-0.39, 0.29) is 18.4 Å². The number of anilines is 1. The van der Waals surface area contributed by atoms with Crippen LogP contribution in [-0.2, 0) is 20.7 Å². The number of aromatic amines is 1. The predicted molar refractivity (Wildman–Crippen MR) is 111 cm³/mol. The van der Waals surface area contributed by atoms with Crippen LogP contribution in [0.2, 0.25) is 5.02 Å². The van der Waals surface area contributed by atoms with Crippen LogP contribution in [0.25, 0.3) is 10.9 Å². The van der Waals surface area contributed by atoms with Crippen molar-refractivity contribution >= 4 is 40.1 Å². The molecule has 0 saturated carbocycles. The van der Waals surface area contributed by atoms with Crippen molar-refractivity contribution in [2.75, 3.05) is 5.32 Å².